The SMILES string of the molecule is CC(C)NCCN(C)c1ncnc2sccc12. The Kier molecular flexibility index (Phi) is 3.91. The summed E-state index contributed by atoms with van der Waals surface area (Å²) in [6.45, 7) is 6.22. The Hall–Kier alpha value is -1.20. The lowest BCUT2D eigenvalue weighted by atomic mass is 10.3. The van der Waals surface area contributed by atoms with Gasteiger partial charge in [0.1, 0.15) is 17.0 Å². The summed E-state index contributed by atoms with van der Waals surface area (Å²) >= 11 is 1.65. The summed E-state index contributed by atoms with van der Waals surface area (Å²) in [6.07, 6.45) is 1.64. The lowest BCUT2D eigenvalue weighted by molar-refractivity contribution is 0.588. The molecule has 5 heteroatoms. The van der Waals surface area contributed by atoms with Gasteiger partial charge in [0.25, 0.3) is 0 Å². The smallest absolute Gasteiger partial charge is 0.140 e. The number of hydrogen-bond donors (Lipinski definition) is 1. The summed E-state index contributed by atoms with van der Waals surface area (Å²) in [5, 5.41) is 6.61. The van der Waals surface area contributed by atoms with E-state index in [1.165, 1.54) is 0 Å². The molecule has 2 rings (SSSR count). The molecule has 92 valence electrons. The van der Waals surface area contributed by atoms with E-state index < -0.39 is 0 Å². The van der Waals surface area contributed by atoms with E-state index in [-0.39, 0.29) is 0 Å². The summed E-state index contributed by atoms with van der Waals surface area (Å²) in [6, 6.07) is 2.61. The molecule has 17 heavy (non-hydrogen) atoms. The van der Waals surface area contributed by atoms with Crippen molar-refractivity contribution in [3.8, 4) is 0 Å². The molecule has 0 aromatic carbocycles. The van der Waals surface area contributed by atoms with Crippen LogP contribution >= 0.6 is 11.3 Å². The zero-order chi connectivity index (χ0) is 12.3. The van der Waals surface area contributed by atoms with Gasteiger partial charge >= 0.3 is 0 Å². The van der Waals surface area contributed by atoms with Gasteiger partial charge in [0, 0.05) is 26.2 Å². The number of nitrogens with zero attached hydrogens (tertiary/aromatic N) is 3. The molecule has 0 bridgehead atoms. The van der Waals surface area contributed by atoms with Crippen molar-refractivity contribution in [2.45, 2.75) is 19.9 Å². The van der Waals surface area contributed by atoms with E-state index >= 15 is 0 Å². The van der Waals surface area contributed by atoms with Crippen molar-refractivity contribution in [1.82, 2.24) is 15.3 Å². The number of aromatic nitrogens is 2. The molecule has 4 nitrogen and oxygen atoms in total. The molecule has 2 aromatic rings. The van der Waals surface area contributed by atoms with Gasteiger partial charge in [-0.3, -0.25) is 0 Å². The van der Waals surface area contributed by atoms with Crippen molar-refractivity contribution < 1.29 is 0 Å². The normalized spacial score (nSPS) is 11.3. The second kappa shape index (κ2) is 5.42. The maximum absolute atomic E-state index is 4.37. The Bertz CT molecular complexity index is 480. The number of fused-ring (bicyclic) bond motifs is 1. The monoisotopic (exact) mass is 250 g/mol. The van der Waals surface area contributed by atoms with Crippen LogP contribution in [0.5, 0.6) is 0 Å². The van der Waals surface area contributed by atoms with Crippen molar-refractivity contribution in [3.05, 3.63) is 17.8 Å². The first-order chi connectivity index (χ1) is 8.18. The highest BCUT2D eigenvalue weighted by molar-refractivity contribution is 7.16. The molecule has 1 N–H and O–H groups in total. The van der Waals surface area contributed by atoms with Crippen LogP contribution in [0.15, 0.2) is 17.8 Å². The second-order valence-corrected chi connectivity index (χ2v) is 5.26. The molecule has 0 saturated carbocycles. The molecule has 0 amide bonds. The fraction of sp³-hybridized carbons (Fsp3) is 0.500. The first-order valence-electron chi connectivity index (χ1n) is 5.81. The zero-order valence-corrected chi connectivity index (χ0v) is 11.3. The van der Waals surface area contributed by atoms with E-state index in [9.17, 15) is 0 Å². The fourth-order valence-electron chi connectivity index (χ4n) is 1.71. The van der Waals surface area contributed by atoms with E-state index in [2.05, 4.69) is 52.5 Å². The summed E-state index contributed by atoms with van der Waals surface area (Å²) in [4.78, 5) is 11.9. The topological polar surface area (TPSA) is 41.0 Å². The van der Waals surface area contributed by atoms with E-state index in [1.807, 2.05) is 0 Å². The minimum absolute atomic E-state index is 0.523. The first kappa shape index (κ1) is 12.3. The second-order valence-electron chi connectivity index (χ2n) is 4.37. The molecule has 0 aliphatic carbocycles. The Balaban J connectivity index is 2.08. The first-order valence-corrected chi connectivity index (χ1v) is 6.69. The predicted molar refractivity (Wildman–Crippen MR) is 73.8 cm³/mol. The van der Waals surface area contributed by atoms with Crippen LogP contribution in [0.4, 0.5) is 5.82 Å². The maximum Gasteiger partial charge on any atom is 0.140 e. The van der Waals surface area contributed by atoms with E-state index in [0.717, 1.165) is 29.1 Å². The molecule has 0 fully saturated rings. The highest BCUT2D eigenvalue weighted by atomic mass is 32.1. The number of rotatable bonds is 5. The van der Waals surface area contributed by atoms with Crippen molar-refractivity contribution in [2.75, 3.05) is 25.0 Å². The van der Waals surface area contributed by atoms with Crippen LogP contribution in [-0.2, 0) is 0 Å². The molecule has 0 aliphatic rings. The highest BCUT2D eigenvalue weighted by Crippen LogP contribution is 2.25. The third-order valence-corrected chi connectivity index (χ3v) is 3.42. The summed E-state index contributed by atoms with van der Waals surface area (Å²) in [7, 11) is 2.07. The molecule has 0 atom stereocenters. The highest BCUT2D eigenvalue weighted by Gasteiger charge is 2.08. The number of thiophene rings is 1. The van der Waals surface area contributed by atoms with Crippen LogP contribution in [0.3, 0.4) is 0 Å². The van der Waals surface area contributed by atoms with Gasteiger partial charge in [-0.2, -0.15) is 0 Å². The lowest BCUT2D eigenvalue weighted by Gasteiger charge is -2.19. The molecular formula is C12H18N4S. The van der Waals surface area contributed by atoms with Crippen LogP contribution in [0.2, 0.25) is 0 Å². The van der Waals surface area contributed by atoms with Gasteiger partial charge in [0.15, 0.2) is 0 Å². The van der Waals surface area contributed by atoms with Gasteiger partial charge in [-0.25, -0.2) is 9.97 Å². The minimum Gasteiger partial charge on any atom is -0.358 e. The van der Waals surface area contributed by atoms with Gasteiger partial charge in [0.05, 0.1) is 5.39 Å². The molecule has 2 heterocycles. The minimum atomic E-state index is 0.523. The van der Waals surface area contributed by atoms with Crippen LogP contribution in [0.1, 0.15) is 13.8 Å². The van der Waals surface area contributed by atoms with E-state index in [0.29, 0.717) is 6.04 Å². The van der Waals surface area contributed by atoms with Crippen LogP contribution < -0.4 is 10.2 Å². The van der Waals surface area contributed by atoms with Gasteiger partial charge < -0.3 is 10.2 Å². The summed E-state index contributed by atoms with van der Waals surface area (Å²) in [5.41, 5.74) is 0. The largest absolute Gasteiger partial charge is 0.358 e. The van der Waals surface area contributed by atoms with E-state index in [1.54, 1.807) is 17.7 Å². The van der Waals surface area contributed by atoms with Gasteiger partial charge in [-0.15, -0.1) is 11.3 Å². The lowest BCUT2D eigenvalue weighted by Crippen LogP contribution is -2.33. The fourth-order valence-corrected chi connectivity index (χ4v) is 2.44. The third kappa shape index (κ3) is 2.92. The molecule has 0 saturated heterocycles. The molecule has 2 aromatic heterocycles. The Morgan fingerprint density at radius 3 is 3.00 bits per heavy atom. The average Bonchev–Trinajstić information content (AvgIpc) is 2.75. The summed E-state index contributed by atoms with van der Waals surface area (Å²) < 4.78 is 0. The zero-order valence-electron chi connectivity index (χ0n) is 10.5. The van der Waals surface area contributed by atoms with Crippen LogP contribution in [-0.4, -0.2) is 36.1 Å². The van der Waals surface area contributed by atoms with Gasteiger partial charge in [-0.05, 0) is 11.4 Å². The molecule has 0 aliphatic heterocycles. The molecule has 0 spiro atoms. The molecule has 0 radical (unpaired) electrons. The average molecular weight is 250 g/mol. The van der Waals surface area contributed by atoms with Crippen molar-refractivity contribution in [1.29, 1.82) is 0 Å². The Labute approximate surface area is 106 Å². The molecular weight excluding hydrogens is 232 g/mol. The van der Waals surface area contributed by atoms with Crippen LogP contribution in [0, 0.1) is 0 Å². The van der Waals surface area contributed by atoms with E-state index in [4.69, 9.17) is 0 Å². The van der Waals surface area contributed by atoms with Crippen molar-refractivity contribution in [2.24, 2.45) is 0 Å². The Morgan fingerprint density at radius 2 is 2.24 bits per heavy atom. The third-order valence-electron chi connectivity index (χ3n) is 2.60. The quantitative estimate of drug-likeness (QED) is 0.882. The van der Waals surface area contributed by atoms with Crippen LogP contribution in [0.25, 0.3) is 10.2 Å². The standard InChI is InChI=1S/C12H18N4S/c1-9(2)13-5-6-16(3)11-10-4-7-17-12(10)15-8-14-11/h4,7-9,13H,5-6H2,1-3H3. The summed E-state index contributed by atoms with van der Waals surface area (Å²) in [5.74, 6) is 1.02. The maximum atomic E-state index is 4.37. The number of anilines is 1. The molecule has 0 unspecified atom stereocenters. The van der Waals surface area contributed by atoms with Crippen molar-refractivity contribution in [3.63, 3.8) is 0 Å². The van der Waals surface area contributed by atoms with Crippen molar-refractivity contribution >= 4 is 27.4 Å². The number of hydrogen-bond acceptors (Lipinski definition) is 5. The Morgan fingerprint density at radius 1 is 1.41 bits per heavy atom. The number of nitrogens with one attached hydrogen (secondary N) is 1. The number of likely N-dealkylation sites (N-methyl/N-ethyl adjacent to an activating group) is 1. The van der Waals surface area contributed by atoms with Gasteiger partial charge in [0.2, 0.25) is 0 Å². The van der Waals surface area contributed by atoms with Gasteiger partial charge in [-0.1, -0.05) is 13.8 Å². The predicted octanol–water partition coefficient (Wildman–Crippen LogP) is 2.13.